The van der Waals surface area contributed by atoms with E-state index in [1.165, 1.54) is 19.1 Å². The van der Waals surface area contributed by atoms with Gasteiger partial charge in [0.25, 0.3) is 0 Å². The van der Waals surface area contributed by atoms with Gasteiger partial charge in [-0.05, 0) is 47.6 Å². The fourth-order valence-corrected chi connectivity index (χ4v) is 3.37. The van der Waals surface area contributed by atoms with Gasteiger partial charge in [0, 0.05) is 12.0 Å². The standard InChI is InChI=1S/C22H26F3NO5P/c1-15(28)18-5-2-16(3-6-18)9-11-30-20-7-4-17(12-19(20)22(23,24)25)8-10-21(26,13-27)14-31-32-29/h2-7,12,27,32H,8-11,13-14,26H2,1H3/q+1. The van der Waals surface area contributed by atoms with Crippen molar-refractivity contribution in [2.24, 2.45) is 5.73 Å². The fraction of sp³-hybridized carbons (Fsp3) is 0.409. The summed E-state index contributed by atoms with van der Waals surface area (Å²) in [6, 6.07) is 10.6. The number of ketones is 1. The van der Waals surface area contributed by atoms with Crippen LogP contribution in [-0.2, 0) is 28.1 Å². The number of rotatable bonds is 12. The maximum Gasteiger partial charge on any atom is 0.494 e. The highest BCUT2D eigenvalue weighted by Gasteiger charge is 2.35. The van der Waals surface area contributed by atoms with Crippen molar-refractivity contribution in [2.45, 2.75) is 37.9 Å². The zero-order valence-electron chi connectivity index (χ0n) is 17.6. The third kappa shape index (κ3) is 7.67. The summed E-state index contributed by atoms with van der Waals surface area (Å²) < 4.78 is 61.4. The van der Waals surface area contributed by atoms with E-state index in [-0.39, 0.29) is 37.6 Å². The smallest absolute Gasteiger partial charge is 0.493 e. The van der Waals surface area contributed by atoms with Crippen molar-refractivity contribution in [1.29, 1.82) is 0 Å². The van der Waals surface area contributed by atoms with Crippen molar-refractivity contribution in [3.05, 3.63) is 64.7 Å². The number of hydrogen-bond donors (Lipinski definition) is 2. The van der Waals surface area contributed by atoms with Gasteiger partial charge < -0.3 is 15.6 Å². The SMILES string of the molecule is CC(=O)c1ccc(CCOc2ccc(CCC(N)(CO)CO[PH+]=O)cc2C(F)(F)F)cc1. The molecule has 32 heavy (non-hydrogen) atoms. The van der Waals surface area contributed by atoms with Gasteiger partial charge in [-0.3, -0.25) is 4.79 Å². The number of aliphatic hydroxyl groups is 1. The predicted octanol–water partition coefficient (Wildman–Crippen LogP) is 4.11. The number of Topliss-reactive ketones (excluding diaryl/α,β-unsaturated/α-hetero) is 1. The highest BCUT2D eigenvalue weighted by Crippen LogP contribution is 2.37. The van der Waals surface area contributed by atoms with Crippen LogP contribution in [0.1, 0.15) is 40.4 Å². The van der Waals surface area contributed by atoms with Crippen LogP contribution in [0.2, 0.25) is 0 Å². The van der Waals surface area contributed by atoms with E-state index < -0.39 is 32.6 Å². The number of aliphatic hydroxyl groups excluding tert-OH is 1. The lowest BCUT2D eigenvalue weighted by Crippen LogP contribution is -2.47. The normalized spacial score (nSPS) is 13.7. The molecule has 2 unspecified atom stereocenters. The number of hydrogen-bond acceptors (Lipinski definition) is 6. The number of halogens is 3. The number of alkyl halides is 3. The summed E-state index contributed by atoms with van der Waals surface area (Å²) in [5, 5.41) is 9.43. The molecule has 0 heterocycles. The molecule has 2 aromatic rings. The van der Waals surface area contributed by atoms with E-state index in [0.717, 1.165) is 11.6 Å². The Labute approximate surface area is 185 Å². The van der Waals surface area contributed by atoms with Gasteiger partial charge in [0.1, 0.15) is 12.4 Å². The van der Waals surface area contributed by atoms with Gasteiger partial charge in [0.15, 0.2) is 5.78 Å². The monoisotopic (exact) mass is 472 g/mol. The van der Waals surface area contributed by atoms with E-state index in [2.05, 4.69) is 0 Å². The summed E-state index contributed by atoms with van der Waals surface area (Å²) in [5.41, 5.74) is 5.63. The van der Waals surface area contributed by atoms with Crippen molar-refractivity contribution in [1.82, 2.24) is 0 Å². The summed E-state index contributed by atoms with van der Waals surface area (Å²) in [4.78, 5) is 11.3. The molecule has 6 nitrogen and oxygen atoms in total. The summed E-state index contributed by atoms with van der Waals surface area (Å²) in [5.74, 6) is -0.342. The molecule has 174 valence electrons. The van der Waals surface area contributed by atoms with Gasteiger partial charge in [0.05, 0.1) is 24.3 Å². The van der Waals surface area contributed by atoms with Crippen LogP contribution in [0, 0.1) is 0 Å². The van der Waals surface area contributed by atoms with Crippen LogP contribution in [0.4, 0.5) is 13.2 Å². The summed E-state index contributed by atoms with van der Waals surface area (Å²) >= 11 is 0. The average Bonchev–Trinajstić information content (AvgIpc) is 2.76. The highest BCUT2D eigenvalue weighted by molar-refractivity contribution is 7.17. The number of ether oxygens (including phenoxy) is 1. The minimum absolute atomic E-state index is 0.0333. The lowest BCUT2D eigenvalue weighted by molar-refractivity contribution is -0.139. The zero-order chi connectivity index (χ0) is 23.8. The van der Waals surface area contributed by atoms with Crippen LogP contribution in [0.3, 0.4) is 0 Å². The van der Waals surface area contributed by atoms with Crippen LogP contribution in [0.15, 0.2) is 42.5 Å². The molecule has 0 saturated carbocycles. The lowest BCUT2D eigenvalue weighted by Gasteiger charge is -2.24. The molecule has 0 aromatic heterocycles. The summed E-state index contributed by atoms with van der Waals surface area (Å²) in [6.45, 7) is 0.856. The Kier molecular flexibility index (Phi) is 9.33. The third-order valence-electron chi connectivity index (χ3n) is 5.00. The fourth-order valence-electron chi connectivity index (χ4n) is 3.03. The third-order valence-corrected chi connectivity index (χ3v) is 5.27. The largest absolute Gasteiger partial charge is 0.494 e. The second kappa shape index (κ2) is 11.5. The molecule has 0 bridgehead atoms. The maximum atomic E-state index is 13.6. The van der Waals surface area contributed by atoms with Gasteiger partial charge in [0.2, 0.25) is 0 Å². The predicted molar refractivity (Wildman–Crippen MR) is 114 cm³/mol. The quantitative estimate of drug-likeness (QED) is 0.356. The minimum atomic E-state index is -4.61. The average molecular weight is 472 g/mol. The Morgan fingerprint density at radius 3 is 2.31 bits per heavy atom. The molecule has 0 amide bonds. The van der Waals surface area contributed by atoms with E-state index in [0.29, 0.717) is 17.5 Å². The molecule has 3 N–H and O–H groups in total. The Morgan fingerprint density at radius 2 is 1.75 bits per heavy atom. The van der Waals surface area contributed by atoms with Gasteiger partial charge in [-0.1, -0.05) is 30.3 Å². The van der Waals surface area contributed by atoms with Gasteiger partial charge in [-0.25, -0.2) is 0 Å². The molecule has 2 aromatic carbocycles. The first-order valence-electron chi connectivity index (χ1n) is 9.89. The first kappa shape index (κ1) is 25.9. The van der Waals surface area contributed by atoms with Crippen molar-refractivity contribution in [3.8, 4) is 5.75 Å². The van der Waals surface area contributed by atoms with E-state index in [1.807, 2.05) is 0 Å². The number of carbonyl (C=O) groups excluding carboxylic acids is 1. The zero-order valence-corrected chi connectivity index (χ0v) is 18.6. The van der Waals surface area contributed by atoms with Gasteiger partial charge >= 0.3 is 14.9 Å². The van der Waals surface area contributed by atoms with Crippen LogP contribution in [0.25, 0.3) is 0 Å². The van der Waals surface area contributed by atoms with E-state index in [4.69, 9.17) is 15.0 Å². The minimum Gasteiger partial charge on any atom is -0.493 e. The van der Waals surface area contributed by atoms with Crippen LogP contribution < -0.4 is 10.5 Å². The first-order chi connectivity index (χ1) is 15.1. The molecule has 0 radical (unpaired) electrons. The molecule has 0 saturated heterocycles. The number of benzene rings is 2. The molecule has 0 aliphatic rings. The Bertz CT molecular complexity index is 921. The van der Waals surface area contributed by atoms with Gasteiger partial charge in [-0.15, -0.1) is 4.52 Å². The molecule has 0 fully saturated rings. The lowest BCUT2D eigenvalue weighted by atomic mass is 9.93. The Hall–Kier alpha value is -2.32. The summed E-state index contributed by atoms with van der Waals surface area (Å²) in [7, 11) is -1.04. The van der Waals surface area contributed by atoms with E-state index >= 15 is 0 Å². The van der Waals surface area contributed by atoms with E-state index in [1.54, 1.807) is 24.3 Å². The molecule has 0 spiro atoms. The maximum absolute atomic E-state index is 13.6. The van der Waals surface area contributed by atoms with Crippen LogP contribution >= 0.6 is 8.69 Å². The van der Waals surface area contributed by atoms with Gasteiger partial charge in [-0.2, -0.15) is 13.2 Å². The Morgan fingerprint density at radius 1 is 1.09 bits per heavy atom. The second-order valence-electron chi connectivity index (χ2n) is 7.57. The van der Waals surface area contributed by atoms with E-state index in [9.17, 15) is 27.6 Å². The highest BCUT2D eigenvalue weighted by atomic mass is 31.1. The second-order valence-corrected chi connectivity index (χ2v) is 8.03. The molecule has 10 heteroatoms. The molecule has 2 rings (SSSR count). The van der Waals surface area contributed by atoms with Crippen LogP contribution in [0.5, 0.6) is 5.75 Å². The topological polar surface area (TPSA) is 98.8 Å². The molecule has 0 aliphatic heterocycles. The Balaban J connectivity index is 2.06. The molecular weight excluding hydrogens is 446 g/mol. The van der Waals surface area contributed by atoms with Crippen molar-refractivity contribution in [2.75, 3.05) is 19.8 Å². The molecule has 2 atom stereocenters. The molecular formula is C22H26F3NO5P+. The number of aryl methyl sites for hydroxylation is 1. The van der Waals surface area contributed by atoms with Crippen molar-refractivity contribution >= 4 is 14.5 Å². The van der Waals surface area contributed by atoms with Crippen molar-refractivity contribution < 1.29 is 36.9 Å². The number of nitrogens with two attached hydrogens (primary N) is 1. The number of carbonyl (C=O) groups is 1. The molecule has 0 aliphatic carbocycles. The van der Waals surface area contributed by atoms with Crippen molar-refractivity contribution in [3.63, 3.8) is 0 Å². The van der Waals surface area contributed by atoms with Crippen LogP contribution in [-0.4, -0.2) is 36.2 Å². The first-order valence-corrected chi connectivity index (χ1v) is 10.7. The summed E-state index contributed by atoms with van der Waals surface area (Å²) in [6.07, 6.45) is -3.93.